The number of nitrogens with one attached hydrogen (secondary N) is 1. The minimum absolute atomic E-state index is 0. The summed E-state index contributed by atoms with van der Waals surface area (Å²) in [5, 5.41) is 3.30. The number of sulfone groups is 1. The van der Waals surface area contributed by atoms with E-state index in [1.807, 2.05) is 4.90 Å². The van der Waals surface area contributed by atoms with Crippen molar-refractivity contribution in [2.24, 2.45) is 0 Å². The predicted molar refractivity (Wildman–Crippen MR) is 114 cm³/mol. The smallest absolute Gasteiger partial charge is 0.254 e. The van der Waals surface area contributed by atoms with Gasteiger partial charge in [-0.2, -0.15) is 0 Å². The van der Waals surface area contributed by atoms with Gasteiger partial charge in [0.15, 0.2) is 9.84 Å². The Morgan fingerprint density at radius 3 is 2.54 bits per heavy atom. The molecule has 2 aromatic carbocycles. The summed E-state index contributed by atoms with van der Waals surface area (Å²) in [7, 11) is -3.44. The average molecular weight is 423 g/mol. The number of carbonyl (C=O) groups is 1. The first-order chi connectivity index (χ1) is 13.0. The molecule has 0 bridgehead atoms. The summed E-state index contributed by atoms with van der Waals surface area (Å²) >= 11 is 0. The van der Waals surface area contributed by atoms with Crippen LogP contribution >= 0.6 is 12.4 Å². The third kappa shape index (κ3) is 5.34. The Kier molecular flexibility index (Phi) is 8.04. The third-order valence-corrected chi connectivity index (χ3v) is 6.54. The quantitative estimate of drug-likeness (QED) is 0.743. The van der Waals surface area contributed by atoms with Crippen LogP contribution in [-0.4, -0.2) is 44.9 Å². The largest absolute Gasteiger partial charge is 0.334 e. The lowest BCUT2D eigenvalue weighted by Gasteiger charge is -2.28. The molecule has 28 heavy (non-hydrogen) atoms. The van der Waals surface area contributed by atoms with E-state index in [9.17, 15) is 13.2 Å². The molecule has 1 unspecified atom stereocenters. The highest BCUT2D eigenvalue weighted by Crippen LogP contribution is 2.19. The van der Waals surface area contributed by atoms with Crippen LogP contribution in [-0.2, 0) is 15.6 Å². The van der Waals surface area contributed by atoms with Gasteiger partial charge in [-0.1, -0.05) is 37.3 Å². The maximum atomic E-state index is 13.1. The monoisotopic (exact) mass is 422 g/mol. The number of rotatable bonds is 7. The second-order valence-corrected chi connectivity index (χ2v) is 8.91. The van der Waals surface area contributed by atoms with Crippen molar-refractivity contribution in [2.45, 2.75) is 36.5 Å². The number of hydrogen-bond donors (Lipinski definition) is 1. The van der Waals surface area contributed by atoms with Gasteiger partial charge in [0.2, 0.25) is 0 Å². The Labute approximate surface area is 173 Å². The summed E-state index contributed by atoms with van der Waals surface area (Å²) in [5.74, 6) is -0.138. The molecule has 3 rings (SSSR count). The number of halogens is 1. The maximum Gasteiger partial charge on any atom is 0.254 e. The SMILES string of the molecule is CCCN(C(=O)c1cccc(CS(=O)(=O)c2ccccc2)c1)C1CCNC1.Cl. The van der Waals surface area contributed by atoms with E-state index in [4.69, 9.17) is 0 Å². The summed E-state index contributed by atoms with van der Waals surface area (Å²) in [5.41, 5.74) is 1.18. The van der Waals surface area contributed by atoms with Crippen molar-refractivity contribution in [3.05, 3.63) is 65.7 Å². The molecule has 1 fully saturated rings. The van der Waals surface area contributed by atoms with Gasteiger partial charge in [0.05, 0.1) is 10.6 Å². The summed E-state index contributed by atoms with van der Waals surface area (Å²) in [6.45, 7) is 4.50. The second-order valence-electron chi connectivity index (χ2n) is 6.92. The van der Waals surface area contributed by atoms with Crippen molar-refractivity contribution in [3.8, 4) is 0 Å². The van der Waals surface area contributed by atoms with E-state index in [1.165, 1.54) is 0 Å². The van der Waals surface area contributed by atoms with Crippen LogP contribution in [0.25, 0.3) is 0 Å². The van der Waals surface area contributed by atoms with Crippen LogP contribution in [0.5, 0.6) is 0 Å². The molecule has 1 aliphatic rings. The van der Waals surface area contributed by atoms with E-state index in [2.05, 4.69) is 12.2 Å². The van der Waals surface area contributed by atoms with Crippen LogP contribution in [0.2, 0.25) is 0 Å². The number of hydrogen-bond acceptors (Lipinski definition) is 4. The summed E-state index contributed by atoms with van der Waals surface area (Å²) < 4.78 is 25.2. The van der Waals surface area contributed by atoms with E-state index in [-0.39, 0.29) is 30.1 Å². The number of carbonyl (C=O) groups excluding carboxylic acids is 1. The predicted octanol–water partition coefficient (Wildman–Crippen LogP) is 3.30. The topological polar surface area (TPSA) is 66.5 Å². The lowest BCUT2D eigenvalue weighted by Crippen LogP contribution is -2.42. The van der Waals surface area contributed by atoms with Crippen molar-refractivity contribution >= 4 is 28.2 Å². The molecule has 0 radical (unpaired) electrons. The molecule has 1 atom stereocenters. The molecule has 1 aliphatic heterocycles. The Morgan fingerprint density at radius 1 is 1.14 bits per heavy atom. The molecule has 1 N–H and O–H groups in total. The zero-order valence-electron chi connectivity index (χ0n) is 16.0. The molecule has 0 spiro atoms. The van der Waals surface area contributed by atoms with Crippen molar-refractivity contribution in [1.29, 1.82) is 0 Å². The first-order valence-corrected chi connectivity index (χ1v) is 11.0. The van der Waals surface area contributed by atoms with E-state index in [0.29, 0.717) is 22.6 Å². The summed E-state index contributed by atoms with van der Waals surface area (Å²) in [6.07, 6.45) is 1.85. The summed E-state index contributed by atoms with van der Waals surface area (Å²) in [4.78, 5) is 15.3. The van der Waals surface area contributed by atoms with Crippen molar-refractivity contribution in [2.75, 3.05) is 19.6 Å². The van der Waals surface area contributed by atoms with Crippen LogP contribution in [0.1, 0.15) is 35.7 Å². The Balaban J connectivity index is 0.00000280. The molecular formula is C21H27ClN2O3S. The van der Waals surface area contributed by atoms with Crippen molar-refractivity contribution < 1.29 is 13.2 Å². The highest BCUT2D eigenvalue weighted by Gasteiger charge is 2.27. The van der Waals surface area contributed by atoms with Crippen LogP contribution < -0.4 is 5.32 Å². The normalized spacial score (nSPS) is 16.4. The fraction of sp³-hybridized carbons (Fsp3) is 0.381. The van der Waals surface area contributed by atoms with Crippen LogP contribution in [0.4, 0.5) is 0 Å². The standard InChI is InChI=1S/C21H26N2O3S.ClH/c1-2-13-23(19-11-12-22-15-19)21(24)18-8-6-7-17(14-18)16-27(25,26)20-9-4-3-5-10-20;/h3-10,14,19,22H,2,11-13,15-16H2,1H3;1H. The van der Waals surface area contributed by atoms with Crippen LogP contribution in [0.15, 0.2) is 59.5 Å². The van der Waals surface area contributed by atoms with Crippen LogP contribution in [0.3, 0.4) is 0 Å². The maximum absolute atomic E-state index is 13.1. The van der Waals surface area contributed by atoms with Gasteiger partial charge in [0, 0.05) is 24.7 Å². The molecule has 1 saturated heterocycles. The van der Waals surface area contributed by atoms with E-state index < -0.39 is 9.84 Å². The summed E-state index contributed by atoms with van der Waals surface area (Å²) in [6, 6.07) is 15.6. The highest BCUT2D eigenvalue weighted by molar-refractivity contribution is 7.90. The number of benzene rings is 2. The van der Waals surface area contributed by atoms with Gasteiger partial charge in [-0.15, -0.1) is 12.4 Å². The molecule has 7 heteroatoms. The van der Waals surface area contributed by atoms with Gasteiger partial charge in [0.25, 0.3) is 5.91 Å². The Bertz CT molecular complexity index is 882. The lowest BCUT2D eigenvalue weighted by molar-refractivity contribution is 0.0692. The average Bonchev–Trinajstić information content (AvgIpc) is 3.20. The second kappa shape index (κ2) is 10.0. The molecule has 1 amide bonds. The highest BCUT2D eigenvalue weighted by atomic mass is 35.5. The minimum atomic E-state index is -3.44. The van der Waals surface area contributed by atoms with Gasteiger partial charge in [-0.25, -0.2) is 8.42 Å². The Hall–Kier alpha value is -1.89. The van der Waals surface area contributed by atoms with Gasteiger partial charge in [-0.3, -0.25) is 4.79 Å². The third-order valence-electron chi connectivity index (χ3n) is 4.83. The van der Waals surface area contributed by atoms with Gasteiger partial charge >= 0.3 is 0 Å². The van der Waals surface area contributed by atoms with Crippen molar-refractivity contribution in [1.82, 2.24) is 10.2 Å². The molecular weight excluding hydrogens is 396 g/mol. The zero-order chi connectivity index (χ0) is 19.3. The zero-order valence-corrected chi connectivity index (χ0v) is 17.6. The van der Waals surface area contributed by atoms with E-state index >= 15 is 0 Å². The molecule has 0 aromatic heterocycles. The molecule has 152 valence electrons. The van der Waals surface area contributed by atoms with Gasteiger partial charge < -0.3 is 10.2 Å². The molecule has 5 nitrogen and oxygen atoms in total. The number of nitrogens with zero attached hydrogens (tertiary/aromatic N) is 1. The first kappa shape index (κ1) is 22.4. The Morgan fingerprint density at radius 2 is 1.89 bits per heavy atom. The minimum Gasteiger partial charge on any atom is -0.334 e. The first-order valence-electron chi connectivity index (χ1n) is 9.39. The van der Waals surface area contributed by atoms with Gasteiger partial charge in [0.1, 0.15) is 0 Å². The molecule has 0 aliphatic carbocycles. The fourth-order valence-corrected chi connectivity index (χ4v) is 4.84. The molecule has 1 heterocycles. The van der Waals surface area contributed by atoms with E-state index in [1.54, 1.807) is 54.6 Å². The molecule has 0 saturated carbocycles. The van der Waals surface area contributed by atoms with Crippen LogP contribution in [0, 0.1) is 0 Å². The lowest BCUT2D eigenvalue weighted by atomic mass is 10.1. The molecule has 2 aromatic rings. The van der Waals surface area contributed by atoms with Gasteiger partial charge in [-0.05, 0) is 49.2 Å². The van der Waals surface area contributed by atoms with Crippen molar-refractivity contribution in [3.63, 3.8) is 0 Å². The van der Waals surface area contributed by atoms with E-state index in [0.717, 1.165) is 25.9 Å². The fourth-order valence-electron chi connectivity index (χ4n) is 3.49. The number of amides is 1.